The summed E-state index contributed by atoms with van der Waals surface area (Å²) >= 11 is 2.95. The molecule has 0 saturated heterocycles. The Labute approximate surface area is 167 Å². The molecule has 0 fully saturated rings. The number of amides is 1. The second-order valence-electron chi connectivity index (χ2n) is 7.06. The molecule has 1 amide bonds. The molecule has 0 radical (unpaired) electrons. The molecule has 0 saturated carbocycles. The van der Waals surface area contributed by atoms with Gasteiger partial charge in [-0.2, -0.15) is 0 Å². The maximum Gasteiger partial charge on any atom is 0.267 e. The molecule has 3 aromatic rings. The first kappa shape index (κ1) is 18.3. The van der Waals surface area contributed by atoms with Crippen molar-refractivity contribution in [3.63, 3.8) is 0 Å². The topological polar surface area (TPSA) is 58.1 Å². The van der Waals surface area contributed by atoms with Gasteiger partial charge in [0.05, 0.1) is 4.88 Å². The van der Waals surface area contributed by atoms with Crippen LogP contribution in [0, 0.1) is 0 Å². The van der Waals surface area contributed by atoms with Crippen molar-refractivity contribution in [2.45, 2.75) is 31.7 Å². The Morgan fingerprint density at radius 2 is 2.11 bits per heavy atom. The van der Waals surface area contributed by atoms with E-state index in [1.807, 2.05) is 25.5 Å². The van der Waals surface area contributed by atoms with Crippen molar-refractivity contribution in [1.82, 2.24) is 15.1 Å². The summed E-state index contributed by atoms with van der Waals surface area (Å²) < 4.78 is 0. The minimum Gasteiger partial charge on any atom is -0.305 e. The average molecular weight is 399 g/mol. The van der Waals surface area contributed by atoms with E-state index in [2.05, 4.69) is 44.7 Å². The third kappa shape index (κ3) is 3.95. The molecule has 1 N–H and O–H groups in total. The van der Waals surface area contributed by atoms with Crippen LogP contribution in [0.15, 0.2) is 35.7 Å². The van der Waals surface area contributed by atoms with E-state index in [1.165, 1.54) is 33.8 Å². The van der Waals surface area contributed by atoms with Gasteiger partial charge in [-0.25, -0.2) is 0 Å². The van der Waals surface area contributed by atoms with E-state index in [-0.39, 0.29) is 11.8 Å². The van der Waals surface area contributed by atoms with Crippen molar-refractivity contribution in [2.24, 2.45) is 0 Å². The number of fused-ring (bicyclic) bond motifs is 1. The quantitative estimate of drug-likeness (QED) is 0.693. The summed E-state index contributed by atoms with van der Waals surface area (Å²) in [7, 11) is 4.00. The molecule has 2 heterocycles. The molecule has 7 heteroatoms. The molecule has 5 nitrogen and oxygen atoms in total. The van der Waals surface area contributed by atoms with E-state index >= 15 is 0 Å². The van der Waals surface area contributed by atoms with Crippen molar-refractivity contribution in [3.8, 4) is 0 Å². The molecule has 4 rings (SSSR count). The van der Waals surface area contributed by atoms with Crippen LogP contribution in [-0.2, 0) is 13.0 Å². The van der Waals surface area contributed by atoms with Crippen LogP contribution < -0.4 is 5.32 Å². The Kier molecular flexibility index (Phi) is 5.33. The molecule has 140 valence electrons. The zero-order chi connectivity index (χ0) is 18.8. The Morgan fingerprint density at radius 1 is 1.26 bits per heavy atom. The highest BCUT2D eigenvalue weighted by Crippen LogP contribution is 2.38. The molecular weight excluding hydrogens is 376 g/mol. The summed E-state index contributed by atoms with van der Waals surface area (Å²) in [6.07, 6.45) is 3.37. The van der Waals surface area contributed by atoms with Gasteiger partial charge in [0, 0.05) is 12.5 Å². The zero-order valence-corrected chi connectivity index (χ0v) is 17.1. The summed E-state index contributed by atoms with van der Waals surface area (Å²) in [5, 5.41) is 15.1. The zero-order valence-electron chi connectivity index (χ0n) is 15.4. The normalized spacial score (nSPS) is 16.3. The molecular formula is C20H22N4OS2. The highest BCUT2D eigenvalue weighted by Gasteiger charge is 2.25. The number of thiophene rings is 1. The Balaban J connectivity index is 1.51. The van der Waals surface area contributed by atoms with Crippen LogP contribution in [0.5, 0.6) is 0 Å². The smallest absolute Gasteiger partial charge is 0.267 e. The molecule has 1 aliphatic rings. The van der Waals surface area contributed by atoms with E-state index < -0.39 is 0 Å². The molecule has 1 unspecified atom stereocenters. The van der Waals surface area contributed by atoms with E-state index in [1.54, 1.807) is 0 Å². The lowest BCUT2D eigenvalue weighted by atomic mass is 9.83. The van der Waals surface area contributed by atoms with Crippen LogP contribution >= 0.6 is 22.7 Å². The number of anilines is 1. The van der Waals surface area contributed by atoms with Gasteiger partial charge in [-0.3, -0.25) is 10.1 Å². The number of hydrogen-bond donors (Lipinski definition) is 1. The maximum atomic E-state index is 12.7. The third-order valence-corrected chi connectivity index (χ3v) is 6.68. The highest BCUT2D eigenvalue weighted by atomic mass is 32.1. The summed E-state index contributed by atoms with van der Waals surface area (Å²) in [5.41, 5.74) is 3.79. The molecule has 1 aliphatic carbocycles. The number of aryl methyl sites for hydroxylation is 1. The lowest BCUT2D eigenvalue weighted by molar-refractivity contribution is 0.102. The average Bonchev–Trinajstić information content (AvgIpc) is 3.30. The van der Waals surface area contributed by atoms with Crippen molar-refractivity contribution in [2.75, 3.05) is 19.4 Å². The lowest BCUT2D eigenvalue weighted by Crippen LogP contribution is -2.16. The fourth-order valence-electron chi connectivity index (χ4n) is 3.59. The van der Waals surface area contributed by atoms with Crippen LogP contribution in [0.1, 0.15) is 50.1 Å². The van der Waals surface area contributed by atoms with E-state index in [4.69, 9.17) is 0 Å². The minimum atomic E-state index is -0.103. The lowest BCUT2D eigenvalue weighted by Gasteiger charge is -2.23. The van der Waals surface area contributed by atoms with Gasteiger partial charge < -0.3 is 4.90 Å². The molecule has 1 aromatic carbocycles. The number of aromatic nitrogens is 2. The summed E-state index contributed by atoms with van der Waals surface area (Å²) in [6, 6.07) is 10.6. The monoisotopic (exact) mass is 398 g/mol. The van der Waals surface area contributed by atoms with Crippen LogP contribution in [0.25, 0.3) is 0 Å². The molecule has 1 atom stereocenters. The number of nitrogens with one attached hydrogen (secondary N) is 1. The van der Waals surface area contributed by atoms with Gasteiger partial charge in [0.25, 0.3) is 5.91 Å². The van der Waals surface area contributed by atoms with Gasteiger partial charge in [-0.15, -0.1) is 21.5 Å². The fourth-order valence-corrected chi connectivity index (χ4v) is 5.29. The first-order chi connectivity index (χ1) is 13.1. The number of nitrogens with zero attached hydrogens (tertiary/aromatic N) is 3. The van der Waals surface area contributed by atoms with E-state index in [0.717, 1.165) is 41.3 Å². The molecule has 0 spiro atoms. The number of rotatable bonds is 5. The largest absolute Gasteiger partial charge is 0.305 e. The Bertz CT molecular complexity index is 947. The summed E-state index contributed by atoms with van der Waals surface area (Å²) in [5.74, 6) is 0.178. The van der Waals surface area contributed by atoms with Crippen LogP contribution in [0.4, 0.5) is 5.13 Å². The van der Waals surface area contributed by atoms with Gasteiger partial charge in [0.2, 0.25) is 5.13 Å². The first-order valence-electron chi connectivity index (χ1n) is 9.05. The fraction of sp³-hybridized carbons (Fsp3) is 0.350. The third-order valence-electron chi connectivity index (χ3n) is 4.77. The van der Waals surface area contributed by atoms with Crippen LogP contribution in [0.3, 0.4) is 0 Å². The standard InChI is InChI=1S/C20H22N4OS2/c1-24(2)12-14-10-11-26-17(14)18(25)21-20-23-22-19(27-20)16-9-5-7-13-6-3-4-8-15(13)16/h3-4,6,8,10-11,16H,5,7,9,12H2,1-2H3,(H,21,23,25). The SMILES string of the molecule is CN(C)Cc1ccsc1C(=O)Nc1nnc(C2CCCc3ccccc32)s1. The predicted molar refractivity (Wildman–Crippen MR) is 111 cm³/mol. The predicted octanol–water partition coefficient (Wildman–Crippen LogP) is 4.38. The van der Waals surface area contributed by atoms with Crippen LogP contribution in [-0.4, -0.2) is 35.1 Å². The molecule has 2 aromatic heterocycles. The second-order valence-corrected chi connectivity index (χ2v) is 8.98. The summed E-state index contributed by atoms with van der Waals surface area (Å²) in [6.45, 7) is 0.743. The van der Waals surface area contributed by atoms with Crippen molar-refractivity contribution >= 4 is 33.7 Å². The Morgan fingerprint density at radius 3 is 2.96 bits per heavy atom. The first-order valence-corrected chi connectivity index (χ1v) is 10.7. The van der Waals surface area contributed by atoms with Crippen molar-refractivity contribution in [3.05, 3.63) is 62.3 Å². The van der Waals surface area contributed by atoms with Crippen molar-refractivity contribution < 1.29 is 4.79 Å². The molecule has 0 aliphatic heterocycles. The minimum absolute atomic E-state index is 0.103. The van der Waals surface area contributed by atoms with Crippen molar-refractivity contribution in [1.29, 1.82) is 0 Å². The molecule has 0 bridgehead atoms. The van der Waals surface area contributed by atoms with Gasteiger partial charge in [-0.05, 0) is 61.5 Å². The van der Waals surface area contributed by atoms with Gasteiger partial charge >= 0.3 is 0 Å². The van der Waals surface area contributed by atoms with E-state index in [9.17, 15) is 4.79 Å². The van der Waals surface area contributed by atoms with Gasteiger partial charge in [0.1, 0.15) is 5.01 Å². The number of hydrogen-bond acceptors (Lipinski definition) is 6. The number of carbonyl (C=O) groups excluding carboxylic acids is 1. The number of carbonyl (C=O) groups is 1. The maximum absolute atomic E-state index is 12.7. The number of benzene rings is 1. The summed E-state index contributed by atoms with van der Waals surface area (Å²) in [4.78, 5) is 15.5. The van der Waals surface area contributed by atoms with E-state index in [0.29, 0.717) is 5.13 Å². The second kappa shape index (κ2) is 7.88. The van der Waals surface area contributed by atoms with Gasteiger partial charge in [-0.1, -0.05) is 35.6 Å². The highest BCUT2D eigenvalue weighted by molar-refractivity contribution is 7.16. The Hall–Kier alpha value is -2.09. The van der Waals surface area contributed by atoms with Crippen LogP contribution in [0.2, 0.25) is 0 Å². The van der Waals surface area contributed by atoms with Gasteiger partial charge in [0.15, 0.2) is 0 Å². The molecule has 27 heavy (non-hydrogen) atoms.